The molecule has 4 N–H and O–H groups in total. The lowest BCUT2D eigenvalue weighted by Crippen LogP contribution is -2.37. The molecule has 1 aliphatic carbocycles. The van der Waals surface area contributed by atoms with Crippen LogP contribution in [0.15, 0.2) is 23.4 Å². The van der Waals surface area contributed by atoms with Gasteiger partial charge in [0, 0.05) is 31.4 Å². The topological polar surface area (TPSA) is 125 Å². The fourth-order valence-corrected chi connectivity index (χ4v) is 2.56. The van der Waals surface area contributed by atoms with Crippen LogP contribution in [0.3, 0.4) is 0 Å². The number of nitrogens with two attached hydrogens (primary N) is 1. The van der Waals surface area contributed by atoms with E-state index in [9.17, 15) is 15.2 Å². The minimum atomic E-state index is -0.528. The second kappa shape index (κ2) is 5.96. The maximum atomic E-state index is 10.8. The number of aliphatic hydroxyl groups excluding tert-OH is 1. The van der Waals surface area contributed by atoms with Gasteiger partial charge in [0.25, 0.3) is 5.69 Å². The van der Waals surface area contributed by atoms with Crippen molar-refractivity contribution >= 4 is 17.2 Å². The van der Waals surface area contributed by atoms with Gasteiger partial charge in [0.1, 0.15) is 0 Å². The largest absolute Gasteiger partial charge is 0.409 e. The number of nitro groups is 1. The van der Waals surface area contributed by atoms with Crippen LogP contribution in [-0.4, -0.2) is 40.8 Å². The van der Waals surface area contributed by atoms with Crippen molar-refractivity contribution in [1.82, 2.24) is 0 Å². The molecule has 0 bridgehead atoms. The number of hydrogen-bond acceptors (Lipinski definition) is 6. The zero-order chi connectivity index (χ0) is 15.6. The molecular weight excluding hydrogens is 276 g/mol. The third kappa shape index (κ3) is 3.22. The van der Waals surface area contributed by atoms with Gasteiger partial charge in [-0.1, -0.05) is 5.16 Å². The summed E-state index contributed by atoms with van der Waals surface area (Å²) < 4.78 is 0. The zero-order valence-electron chi connectivity index (χ0n) is 11.6. The molecule has 2 rings (SSSR count). The summed E-state index contributed by atoms with van der Waals surface area (Å²) in [4.78, 5) is 12.2. The monoisotopic (exact) mass is 294 g/mol. The molecular formula is C13H18N4O4. The minimum Gasteiger partial charge on any atom is -0.409 e. The third-order valence-electron chi connectivity index (χ3n) is 3.73. The second-order valence-corrected chi connectivity index (χ2v) is 5.32. The molecule has 0 radical (unpaired) electrons. The second-order valence-electron chi connectivity index (χ2n) is 5.32. The first kappa shape index (κ1) is 15.0. The van der Waals surface area contributed by atoms with E-state index in [1.165, 1.54) is 12.1 Å². The van der Waals surface area contributed by atoms with Crippen LogP contribution in [0.2, 0.25) is 0 Å². The molecule has 0 heterocycles. The highest BCUT2D eigenvalue weighted by molar-refractivity contribution is 6.02. The van der Waals surface area contributed by atoms with Crippen LogP contribution in [-0.2, 0) is 0 Å². The average molecular weight is 294 g/mol. The fraction of sp³-hybridized carbons (Fsp3) is 0.462. The van der Waals surface area contributed by atoms with Crippen LogP contribution in [0.25, 0.3) is 0 Å². The summed E-state index contributed by atoms with van der Waals surface area (Å²) in [5, 5.41) is 31.9. The standard InChI is InChI=1S/C13H18N4O4/c1-16(7-8-4-10(18)5-8)12-3-2-9(17(20)21)6-11(12)13(14)15-19/h2-3,6,8,10,18-19H,4-5,7H2,1H3,(H2,14,15). The Hall–Kier alpha value is -2.35. The molecule has 0 aromatic heterocycles. The Morgan fingerprint density at radius 3 is 2.76 bits per heavy atom. The van der Waals surface area contributed by atoms with E-state index in [-0.39, 0.29) is 17.6 Å². The molecule has 1 aliphatic rings. The summed E-state index contributed by atoms with van der Waals surface area (Å²) in [6.07, 6.45) is 1.26. The van der Waals surface area contributed by atoms with Crippen molar-refractivity contribution in [3.05, 3.63) is 33.9 Å². The van der Waals surface area contributed by atoms with E-state index in [0.717, 1.165) is 12.8 Å². The lowest BCUT2D eigenvalue weighted by Gasteiger charge is -2.35. The molecule has 1 fully saturated rings. The normalized spacial score (nSPS) is 21.7. The minimum absolute atomic E-state index is 0.118. The number of anilines is 1. The van der Waals surface area contributed by atoms with Crippen molar-refractivity contribution in [2.24, 2.45) is 16.8 Å². The van der Waals surface area contributed by atoms with Gasteiger partial charge < -0.3 is 20.9 Å². The first-order valence-corrected chi connectivity index (χ1v) is 6.58. The first-order chi connectivity index (χ1) is 9.92. The summed E-state index contributed by atoms with van der Waals surface area (Å²) in [6.45, 7) is 0.695. The van der Waals surface area contributed by atoms with Crippen LogP contribution >= 0.6 is 0 Å². The number of hydrogen-bond donors (Lipinski definition) is 3. The molecule has 0 amide bonds. The smallest absolute Gasteiger partial charge is 0.270 e. The van der Waals surface area contributed by atoms with Gasteiger partial charge >= 0.3 is 0 Å². The molecule has 0 saturated heterocycles. The number of nitrogens with zero attached hydrogens (tertiary/aromatic N) is 3. The van der Waals surface area contributed by atoms with E-state index in [1.54, 1.807) is 6.07 Å². The predicted molar refractivity (Wildman–Crippen MR) is 77.6 cm³/mol. The van der Waals surface area contributed by atoms with Crippen molar-refractivity contribution in [2.75, 3.05) is 18.5 Å². The number of oxime groups is 1. The van der Waals surface area contributed by atoms with Crippen molar-refractivity contribution in [3.8, 4) is 0 Å². The molecule has 1 saturated carbocycles. The molecule has 1 aromatic carbocycles. The van der Waals surface area contributed by atoms with Crippen LogP contribution in [0.4, 0.5) is 11.4 Å². The van der Waals surface area contributed by atoms with Gasteiger partial charge in [0.2, 0.25) is 0 Å². The predicted octanol–water partition coefficient (Wildman–Crippen LogP) is 0.896. The molecule has 0 unspecified atom stereocenters. The molecule has 1 aromatic rings. The average Bonchev–Trinajstić information content (AvgIpc) is 2.43. The van der Waals surface area contributed by atoms with E-state index in [0.29, 0.717) is 23.7 Å². The highest BCUT2D eigenvalue weighted by Gasteiger charge is 2.29. The summed E-state index contributed by atoms with van der Waals surface area (Å²) in [5.41, 5.74) is 6.46. The molecule has 114 valence electrons. The van der Waals surface area contributed by atoms with Gasteiger partial charge in [0.05, 0.1) is 16.6 Å². The van der Waals surface area contributed by atoms with Gasteiger partial charge in [0.15, 0.2) is 5.84 Å². The molecule has 0 aliphatic heterocycles. The first-order valence-electron chi connectivity index (χ1n) is 6.58. The van der Waals surface area contributed by atoms with Crippen molar-refractivity contribution in [3.63, 3.8) is 0 Å². The van der Waals surface area contributed by atoms with Gasteiger partial charge in [-0.05, 0) is 24.8 Å². The summed E-state index contributed by atoms with van der Waals surface area (Å²) in [7, 11) is 1.83. The maximum absolute atomic E-state index is 10.8. The van der Waals surface area contributed by atoms with E-state index >= 15 is 0 Å². The van der Waals surface area contributed by atoms with E-state index in [2.05, 4.69) is 5.16 Å². The summed E-state index contributed by atoms with van der Waals surface area (Å²) >= 11 is 0. The van der Waals surface area contributed by atoms with Crippen LogP contribution in [0.1, 0.15) is 18.4 Å². The molecule has 21 heavy (non-hydrogen) atoms. The number of non-ortho nitro benzene ring substituents is 1. The van der Waals surface area contributed by atoms with Crippen LogP contribution < -0.4 is 10.6 Å². The highest BCUT2D eigenvalue weighted by Crippen LogP contribution is 2.31. The highest BCUT2D eigenvalue weighted by atomic mass is 16.6. The SMILES string of the molecule is CN(CC1CC(O)C1)c1ccc([N+](=O)[O-])cc1C(N)=NO. The molecule has 0 atom stereocenters. The maximum Gasteiger partial charge on any atom is 0.270 e. The quantitative estimate of drug-likeness (QED) is 0.243. The number of amidine groups is 1. The third-order valence-corrected chi connectivity index (χ3v) is 3.73. The molecule has 8 nitrogen and oxygen atoms in total. The number of aliphatic hydroxyl groups is 1. The number of rotatable bonds is 5. The van der Waals surface area contributed by atoms with Crippen LogP contribution in [0.5, 0.6) is 0 Å². The van der Waals surface area contributed by atoms with Crippen molar-refractivity contribution < 1.29 is 15.2 Å². The van der Waals surface area contributed by atoms with Gasteiger partial charge in [-0.3, -0.25) is 10.1 Å². The Bertz CT molecular complexity index is 569. The molecule has 8 heteroatoms. The lowest BCUT2D eigenvalue weighted by molar-refractivity contribution is -0.384. The van der Waals surface area contributed by atoms with Gasteiger partial charge in [-0.15, -0.1) is 0 Å². The lowest BCUT2D eigenvalue weighted by atomic mass is 9.82. The van der Waals surface area contributed by atoms with E-state index in [4.69, 9.17) is 10.9 Å². The number of benzene rings is 1. The fourth-order valence-electron chi connectivity index (χ4n) is 2.56. The zero-order valence-corrected chi connectivity index (χ0v) is 11.6. The van der Waals surface area contributed by atoms with Crippen molar-refractivity contribution in [1.29, 1.82) is 0 Å². The number of nitro benzene ring substituents is 1. The molecule has 0 spiro atoms. The Balaban J connectivity index is 2.26. The van der Waals surface area contributed by atoms with Gasteiger partial charge in [-0.25, -0.2) is 0 Å². The Labute approximate surface area is 121 Å². The van der Waals surface area contributed by atoms with Gasteiger partial charge in [-0.2, -0.15) is 0 Å². The Kier molecular flexibility index (Phi) is 4.27. The van der Waals surface area contributed by atoms with E-state index < -0.39 is 4.92 Å². The Morgan fingerprint density at radius 2 is 2.24 bits per heavy atom. The summed E-state index contributed by atoms with van der Waals surface area (Å²) in [6, 6.07) is 4.26. The van der Waals surface area contributed by atoms with E-state index in [1.807, 2.05) is 11.9 Å². The van der Waals surface area contributed by atoms with Crippen LogP contribution in [0, 0.1) is 16.0 Å². The Morgan fingerprint density at radius 1 is 1.57 bits per heavy atom. The van der Waals surface area contributed by atoms with Crippen molar-refractivity contribution in [2.45, 2.75) is 18.9 Å². The summed E-state index contributed by atoms with van der Waals surface area (Å²) in [5.74, 6) is 0.203.